The molecule has 2 saturated carbocycles. The maximum Gasteiger partial charge on any atom is -0.00574 e. The molecule has 0 unspecified atom stereocenters. The summed E-state index contributed by atoms with van der Waals surface area (Å²) in [6, 6.07) is 15.9. The van der Waals surface area contributed by atoms with Crippen molar-refractivity contribution in [2.24, 2.45) is 11.3 Å². The highest BCUT2D eigenvalue weighted by Crippen LogP contribution is 2.57. The lowest BCUT2D eigenvalue weighted by Crippen LogP contribution is -2.14. The van der Waals surface area contributed by atoms with Crippen molar-refractivity contribution in [1.29, 1.82) is 0 Å². The second-order valence-electron chi connectivity index (χ2n) is 8.55. The zero-order valence-electron chi connectivity index (χ0n) is 14.6. The van der Waals surface area contributed by atoms with Crippen molar-refractivity contribution in [3.63, 3.8) is 0 Å². The molecule has 122 valence electrons. The van der Waals surface area contributed by atoms with Crippen molar-refractivity contribution in [3.05, 3.63) is 64.7 Å². The maximum absolute atomic E-state index is 2.53. The van der Waals surface area contributed by atoms with Crippen LogP contribution in [0.15, 0.2) is 48.0 Å². The van der Waals surface area contributed by atoms with Crippen molar-refractivity contribution in [2.75, 3.05) is 0 Å². The Balaban J connectivity index is 1.47. The Bertz CT molecular complexity index is 798. The van der Waals surface area contributed by atoms with Gasteiger partial charge < -0.3 is 0 Å². The number of hydrogen-bond acceptors (Lipinski definition) is 0. The average Bonchev–Trinajstić information content (AvgIpc) is 3.28. The summed E-state index contributed by atoms with van der Waals surface area (Å²) in [5.74, 6) is 1.05. The minimum absolute atomic E-state index is 0.669. The van der Waals surface area contributed by atoms with Gasteiger partial charge in [-0.25, -0.2) is 0 Å². The first kappa shape index (κ1) is 14.5. The van der Waals surface area contributed by atoms with Gasteiger partial charge in [0.25, 0.3) is 0 Å². The van der Waals surface area contributed by atoms with Crippen molar-refractivity contribution in [2.45, 2.75) is 51.9 Å². The highest BCUT2D eigenvalue weighted by Gasteiger charge is 2.45. The molecule has 2 bridgehead atoms. The van der Waals surface area contributed by atoms with E-state index >= 15 is 0 Å². The molecule has 0 spiro atoms. The summed E-state index contributed by atoms with van der Waals surface area (Å²) < 4.78 is 0. The molecule has 5 rings (SSSR count). The molecular formula is C24H26. The Hall–Kier alpha value is -1.82. The molecule has 3 aliphatic carbocycles. The molecule has 0 saturated heterocycles. The van der Waals surface area contributed by atoms with Crippen LogP contribution in [0, 0.1) is 18.3 Å². The molecule has 0 N–H and O–H groups in total. The first-order valence-electron chi connectivity index (χ1n) is 9.59. The van der Waals surface area contributed by atoms with Crippen molar-refractivity contribution in [1.82, 2.24) is 0 Å². The fourth-order valence-electron chi connectivity index (χ4n) is 5.58. The third kappa shape index (κ3) is 2.35. The second kappa shape index (κ2) is 5.34. The molecule has 2 aromatic carbocycles. The number of allylic oxidation sites excluding steroid dienone is 1. The number of benzene rings is 2. The molecule has 2 fully saturated rings. The lowest BCUT2D eigenvalue weighted by atomic mass is 9.78. The summed E-state index contributed by atoms with van der Waals surface area (Å²) >= 11 is 0. The number of fused-ring (bicyclic) bond motifs is 3. The van der Waals surface area contributed by atoms with Crippen LogP contribution in [-0.4, -0.2) is 0 Å². The van der Waals surface area contributed by atoms with Gasteiger partial charge in [0.05, 0.1) is 0 Å². The van der Waals surface area contributed by atoms with E-state index in [1.807, 2.05) is 0 Å². The highest BCUT2D eigenvalue weighted by molar-refractivity contribution is 5.80. The van der Waals surface area contributed by atoms with E-state index in [2.05, 4.69) is 55.5 Å². The van der Waals surface area contributed by atoms with Gasteiger partial charge in [0, 0.05) is 0 Å². The molecule has 0 radical (unpaired) electrons. The van der Waals surface area contributed by atoms with Gasteiger partial charge in [-0.15, -0.1) is 0 Å². The molecule has 0 heteroatoms. The normalized spacial score (nSPS) is 27.4. The Kier molecular flexibility index (Phi) is 3.23. The quantitative estimate of drug-likeness (QED) is 0.601. The molecule has 3 aliphatic rings. The summed E-state index contributed by atoms with van der Waals surface area (Å²) in [5, 5.41) is 0. The van der Waals surface area contributed by atoms with E-state index in [0.717, 1.165) is 5.92 Å². The van der Waals surface area contributed by atoms with Crippen LogP contribution in [0.5, 0.6) is 0 Å². The predicted octanol–water partition coefficient (Wildman–Crippen LogP) is 6.57. The lowest BCUT2D eigenvalue weighted by molar-refractivity contribution is 0.291. The first-order chi connectivity index (χ1) is 11.7. The summed E-state index contributed by atoms with van der Waals surface area (Å²) in [7, 11) is 0. The van der Waals surface area contributed by atoms with E-state index in [1.165, 1.54) is 72.8 Å². The summed E-state index contributed by atoms with van der Waals surface area (Å²) in [5.41, 5.74) is 9.48. The second-order valence-corrected chi connectivity index (χ2v) is 8.55. The van der Waals surface area contributed by atoms with E-state index in [9.17, 15) is 0 Å². The van der Waals surface area contributed by atoms with Gasteiger partial charge in [0.15, 0.2) is 0 Å². The molecule has 0 aliphatic heterocycles. The molecule has 0 aromatic heterocycles. The van der Waals surface area contributed by atoms with Gasteiger partial charge >= 0.3 is 0 Å². The van der Waals surface area contributed by atoms with Crippen LogP contribution < -0.4 is 0 Å². The Morgan fingerprint density at radius 3 is 2.50 bits per heavy atom. The van der Waals surface area contributed by atoms with Crippen LogP contribution in [0.25, 0.3) is 17.2 Å². The van der Waals surface area contributed by atoms with Gasteiger partial charge in [0.1, 0.15) is 0 Å². The molecular weight excluding hydrogens is 288 g/mol. The fourth-order valence-corrected chi connectivity index (χ4v) is 5.58. The van der Waals surface area contributed by atoms with E-state index in [1.54, 1.807) is 5.57 Å². The Morgan fingerprint density at radius 2 is 1.79 bits per heavy atom. The number of rotatable bonds is 3. The molecule has 0 amide bonds. The zero-order valence-corrected chi connectivity index (χ0v) is 14.6. The monoisotopic (exact) mass is 314 g/mol. The largest absolute Gasteiger partial charge is 0.0646 e. The van der Waals surface area contributed by atoms with Gasteiger partial charge in [-0.05, 0) is 85.5 Å². The SMILES string of the molecule is Cc1ccc(-c2cccc3c2C=C(CC24CCC(CC2)C4)C3)cc1. The van der Waals surface area contributed by atoms with Gasteiger partial charge in [-0.3, -0.25) is 0 Å². The van der Waals surface area contributed by atoms with Gasteiger partial charge in [0.2, 0.25) is 0 Å². The summed E-state index contributed by atoms with van der Waals surface area (Å²) in [6.07, 6.45) is 12.5. The van der Waals surface area contributed by atoms with E-state index in [-0.39, 0.29) is 0 Å². The van der Waals surface area contributed by atoms with Gasteiger partial charge in [-0.1, -0.05) is 59.7 Å². The average molecular weight is 314 g/mol. The number of hydrogen-bond donors (Lipinski definition) is 0. The van der Waals surface area contributed by atoms with E-state index < -0.39 is 0 Å². The minimum atomic E-state index is 0.669. The third-order valence-corrected chi connectivity index (χ3v) is 6.81. The zero-order chi connectivity index (χ0) is 16.1. The van der Waals surface area contributed by atoms with Crippen molar-refractivity contribution in [3.8, 4) is 11.1 Å². The molecule has 0 atom stereocenters. The standard InChI is InChI=1S/C24H26/c1-17-5-7-20(8-6-17)22-4-2-3-21-13-19(14-23(21)22)16-24-11-9-18(15-24)10-12-24/h2-8,14,18H,9-13,15-16H2,1H3. The molecule has 2 aromatic rings. The molecule has 0 nitrogen and oxygen atoms in total. The lowest BCUT2D eigenvalue weighted by Gasteiger charge is -2.27. The van der Waals surface area contributed by atoms with Crippen molar-refractivity contribution >= 4 is 6.08 Å². The molecule has 24 heavy (non-hydrogen) atoms. The van der Waals surface area contributed by atoms with Crippen LogP contribution in [0.3, 0.4) is 0 Å². The smallest absolute Gasteiger partial charge is 0.00574 e. The van der Waals surface area contributed by atoms with E-state index in [0.29, 0.717) is 5.41 Å². The van der Waals surface area contributed by atoms with E-state index in [4.69, 9.17) is 0 Å². The Morgan fingerprint density at radius 1 is 1.00 bits per heavy atom. The Labute approximate surface area is 145 Å². The maximum atomic E-state index is 2.53. The number of aryl methyl sites for hydroxylation is 1. The van der Waals surface area contributed by atoms with Crippen molar-refractivity contribution < 1.29 is 0 Å². The van der Waals surface area contributed by atoms with Crippen LogP contribution >= 0.6 is 0 Å². The molecule has 0 heterocycles. The summed E-state index contributed by atoms with van der Waals surface area (Å²) in [4.78, 5) is 0. The fraction of sp³-hybridized carbons (Fsp3) is 0.417. The topological polar surface area (TPSA) is 0 Å². The first-order valence-corrected chi connectivity index (χ1v) is 9.59. The van der Waals surface area contributed by atoms with Gasteiger partial charge in [-0.2, -0.15) is 0 Å². The predicted molar refractivity (Wildman–Crippen MR) is 102 cm³/mol. The van der Waals surface area contributed by atoms with Crippen LogP contribution in [0.1, 0.15) is 55.2 Å². The van der Waals surface area contributed by atoms with Crippen LogP contribution in [-0.2, 0) is 6.42 Å². The van der Waals surface area contributed by atoms with Crippen LogP contribution in [0.4, 0.5) is 0 Å². The van der Waals surface area contributed by atoms with Crippen LogP contribution in [0.2, 0.25) is 0 Å². The highest BCUT2D eigenvalue weighted by atomic mass is 14.5. The third-order valence-electron chi connectivity index (χ3n) is 6.81. The minimum Gasteiger partial charge on any atom is -0.0646 e. The summed E-state index contributed by atoms with van der Waals surface area (Å²) in [6.45, 7) is 2.16.